The van der Waals surface area contributed by atoms with Crippen LogP contribution in [0.15, 0.2) is 30.3 Å². The van der Waals surface area contributed by atoms with Gasteiger partial charge < -0.3 is 15.0 Å². The van der Waals surface area contributed by atoms with Crippen molar-refractivity contribution in [2.24, 2.45) is 0 Å². The van der Waals surface area contributed by atoms with Crippen molar-refractivity contribution in [3.05, 3.63) is 35.9 Å². The summed E-state index contributed by atoms with van der Waals surface area (Å²) in [5.74, 6) is 0.0254. The van der Waals surface area contributed by atoms with Crippen LogP contribution in [0.3, 0.4) is 0 Å². The number of ether oxygens (including phenoxy) is 1. The number of nitrogens with one attached hydrogen (secondary N) is 1. The minimum absolute atomic E-state index is 0. The highest BCUT2D eigenvalue weighted by atomic mass is 35.5. The first-order valence-electron chi connectivity index (χ1n) is 6.29. The van der Waals surface area contributed by atoms with Crippen molar-refractivity contribution >= 4 is 18.3 Å². The fraction of sp³-hybridized carbons (Fsp3) is 0.500. The molecule has 1 N–H and O–H groups in total. The first kappa shape index (κ1) is 16.0. The van der Waals surface area contributed by atoms with Crippen LogP contribution < -0.4 is 5.32 Å². The van der Waals surface area contributed by atoms with E-state index in [2.05, 4.69) is 5.32 Å². The Morgan fingerprint density at radius 2 is 2.11 bits per heavy atom. The summed E-state index contributed by atoms with van der Waals surface area (Å²) in [6, 6.07) is 9.90. The first-order chi connectivity index (χ1) is 8.74. The summed E-state index contributed by atoms with van der Waals surface area (Å²) >= 11 is 0. The zero-order chi connectivity index (χ0) is 13.0. The number of carbonyl (C=O) groups is 1. The normalized spacial score (nSPS) is 19.6. The molecule has 5 heteroatoms. The number of rotatable bonds is 4. The molecule has 0 radical (unpaired) electrons. The SMILES string of the molecule is COC(C(=O)N(C)C1CCNC1)c1ccccc1.Cl. The molecule has 0 bridgehead atoms. The summed E-state index contributed by atoms with van der Waals surface area (Å²) in [6.07, 6.45) is 0.504. The van der Waals surface area contributed by atoms with Gasteiger partial charge >= 0.3 is 0 Å². The Bertz CT molecular complexity index is 394. The second kappa shape index (κ2) is 7.48. The van der Waals surface area contributed by atoms with E-state index < -0.39 is 6.10 Å². The molecule has 1 aromatic carbocycles. The van der Waals surface area contributed by atoms with E-state index in [0.717, 1.165) is 25.1 Å². The topological polar surface area (TPSA) is 41.6 Å². The molecule has 4 nitrogen and oxygen atoms in total. The second-order valence-corrected chi connectivity index (χ2v) is 4.62. The highest BCUT2D eigenvalue weighted by Gasteiger charge is 2.29. The maximum atomic E-state index is 12.4. The standard InChI is InChI=1S/C14H20N2O2.ClH/c1-16(12-8-9-15-10-12)14(17)13(18-2)11-6-4-3-5-7-11;/h3-7,12-13,15H,8-10H2,1-2H3;1H. The van der Waals surface area contributed by atoms with Crippen molar-refractivity contribution in [3.8, 4) is 0 Å². The number of amides is 1. The molecule has 0 spiro atoms. The monoisotopic (exact) mass is 284 g/mol. The predicted octanol–water partition coefficient (Wildman–Crippen LogP) is 1.62. The van der Waals surface area contributed by atoms with Gasteiger partial charge in [-0.2, -0.15) is 0 Å². The largest absolute Gasteiger partial charge is 0.367 e. The quantitative estimate of drug-likeness (QED) is 0.913. The Morgan fingerprint density at radius 1 is 1.42 bits per heavy atom. The third-order valence-electron chi connectivity index (χ3n) is 3.49. The minimum Gasteiger partial charge on any atom is -0.367 e. The Labute approximate surface area is 120 Å². The average Bonchev–Trinajstić information content (AvgIpc) is 2.94. The van der Waals surface area contributed by atoms with Crippen molar-refractivity contribution in [3.63, 3.8) is 0 Å². The molecule has 1 aliphatic heterocycles. The Balaban J connectivity index is 0.00000180. The molecule has 1 heterocycles. The van der Waals surface area contributed by atoms with Gasteiger partial charge in [0.25, 0.3) is 5.91 Å². The van der Waals surface area contributed by atoms with Crippen LogP contribution in [0.5, 0.6) is 0 Å². The van der Waals surface area contributed by atoms with E-state index in [4.69, 9.17) is 4.74 Å². The third kappa shape index (κ3) is 3.69. The molecule has 1 saturated heterocycles. The molecule has 1 fully saturated rings. The lowest BCUT2D eigenvalue weighted by Crippen LogP contribution is -2.41. The van der Waals surface area contributed by atoms with Crippen LogP contribution in [0.25, 0.3) is 0 Å². The molecule has 0 aliphatic carbocycles. The van der Waals surface area contributed by atoms with E-state index in [1.54, 1.807) is 12.0 Å². The third-order valence-corrected chi connectivity index (χ3v) is 3.49. The van der Waals surface area contributed by atoms with Gasteiger partial charge in [-0.3, -0.25) is 4.79 Å². The lowest BCUT2D eigenvalue weighted by molar-refractivity contribution is -0.142. The zero-order valence-corrected chi connectivity index (χ0v) is 12.2. The van der Waals surface area contributed by atoms with Gasteiger partial charge in [-0.05, 0) is 18.5 Å². The van der Waals surface area contributed by atoms with Gasteiger partial charge in [0.15, 0.2) is 6.10 Å². The number of nitrogens with zero attached hydrogens (tertiary/aromatic N) is 1. The van der Waals surface area contributed by atoms with Gasteiger partial charge in [-0.15, -0.1) is 12.4 Å². The Kier molecular flexibility index (Phi) is 6.28. The number of benzene rings is 1. The van der Waals surface area contributed by atoms with E-state index in [9.17, 15) is 4.79 Å². The summed E-state index contributed by atoms with van der Waals surface area (Å²) in [5, 5.41) is 3.27. The van der Waals surface area contributed by atoms with Crippen molar-refractivity contribution in [2.45, 2.75) is 18.6 Å². The van der Waals surface area contributed by atoms with E-state index in [1.807, 2.05) is 37.4 Å². The Hall–Kier alpha value is -1.10. The highest BCUT2D eigenvalue weighted by molar-refractivity contribution is 5.85. The highest BCUT2D eigenvalue weighted by Crippen LogP contribution is 2.20. The summed E-state index contributed by atoms with van der Waals surface area (Å²) in [5.41, 5.74) is 0.905. The maximum absolute atomic E-state index is 12.4. The molecule has 1 amide bonds. The van der Waals surface area contributed by atoms with Crippen LogP contribution in [0.2, 0.25) is 0 Å². The summed E-state index contributed by atoms with van der Waals surface area (Å²) in [7, 11) is 3.44. The lowest BCUT2D eigenvalue weighted by Gasteiger charge is -2.27. The van der Waals surface area contributed by atoms with Crippen LogP contribution in [0, 0.1) is 0 Å². The molecular weight excluding hydrogens is 264 g/mol. The molecule has 2 unspecified atom stereocenters. The molecule has 2 atom stereocenters. The minimum atomic E-state index is -0.503. The summed E-state index contributed by atoms with van der Waals surface area (Å²) in [4.78, 5) is 14.2. The van der Waals surface area contributed by atoms with E-state index in [1.165, 1.54) is 0 Å². The van der Waals surface area contributed by atoms with Crippen molar-refractivity contribution < 1.29 is 9.53 Å². The first-order valence-corrected chi connectivity index (χ1v) is 6.29. The second-order valence-electron chi connectivity index (χ2n) is 4.62. The predicted molar refractivity (Wildman–Crippen MR) is 77.5 cm³/mol. The van der Waals surface area contributed by atoms with Crippen molar-refractivity contribution in [2.75, 3.05) is 27.2 Å². The molecule has 2 rings (SSSR count). The smallest absolute Gasteiger partial charge is 0.256 e. The number of hydrogen-bond donors (Lipinski definition) is 1. The summed E-state index contributed by atoms with van der Waals surface area (Å²) < 4.78 is 5.37. The Morgan fingerprint density at radius 3 is 2.63 bits per heavy atom. The van der Waals surface area contributed by atoms with Gasteiger partial charge in [-0.25, -0.2) is 0 Å². The fourth-order valence-electron chi connectivity index (χ4n) is 2.34. The number of halogens is 1. The molecule has 1 aliphatic rings. The van der Waals surface area contributed by atoms with Gasteiger partial charge in [0.05, 0.1) is 0 Å². The fourth-order valence-corrected chi connectivity index (χ4v) is 2.34. The van der Waals surface area contributed by atoms with Gasteiger partial charge in [-0.1, -0.05) is 30.3 Å². The van der Waals surface area contributed by atoms with Gasteiger partial charge in [0.2, 0.25) is 0 Å². The zero-order valence-electron chi connectivity index (χ0n) is 11.3. The molecule has 1 aromatic rings. The lowest BCUT2D eigenvalue weighted by atomic mass is 10.1. The van der Waals surface area contributed by atoms with Crippen LogP contribution >= 0.6 is 12.4 Å². The number of carbonyl (C=O) groups excluding carboxylic acids is 1. The molecular formula is C14H21ClN2O2. The average molecular weight is 285 g/mol. The van der Waals surface area contributed by atoms with Gasteiger partial charge in [0, 0.05) is 26.7 Å². The van der Waals surface area contributed by atoms with E-state index in [0.29, 0.717) is 0 Å². The van der Waals surface area contributed by atoms with Crippen molar-refractivity contribution in [1.82, 2.24) is 10.2 Å². The van der Waals surface area contributed by atoms with Gasteiger partial charge in [0.1, 0.15) is 0 Å². The molecule has 106 valence electrons. The van der Waals surface area contributed by atoms with E-state index in [-0.39, 0.29) is 24.4 Å². The van der Waals surface area contributed by atoms with Crippen molar-refractivity contribution in [1.29, 1.82) is 0 Å². The van der Waals surface area contributed by atoms with Crippen LogP contribution in [-0.4, -0.2) is 44.1 Å². The number of hydrogen-bond acceptors (Lipinski definition) is 3. The molecule has 19 heavy (non-hydrogen) atoms. The maximum Gasteiger partial charge on any atom is 0.256 e. The van der Waals surface area contributed by atoms with E-state index >= 15 is 0 Å². The number of likely N-dealkylation sites (N-methyl/N-ethyl adjacent to an activating group) is 1. The number of methoxy groups -OCH3 is 1. The summed E-state index contributed by atoms with van der Waals surface area (Å²) in [6.45, 7) is 1.85. The van der Waals surface area contributed by atoms with Crippen LogP contribution in [0.4, 0.5) is 0 Å². The van der Waals surface area contributed by atoms with Crippen LogP contribution in [0.1, 0.15) is 18.1 Å². The molecule has 0 saturated carbocycles. The van der Waals surface area contributed by atoms with Crippen LogP contribution in [-0.2, 0) is 9.53 Å². The molecule has 0 aromatic heterocycles.